The van der Waals surface area contributed by atoms with Crippen molar-refractivity contribution >= 4 is 33.2 Å². The van der Waals surface area contributed by atoms with E-state index in [4.69, 9.17) is 0 Å². The molecule has 2 N–H and O–H groups in total. The average Bonchev–Trinajstić information content (AvgIpc) is 3.64. The first-order valence-electron chi connectivity index (χ1n) is 12.2. The summed E-state index contributed by atoms with van der Waals surface area (Å²) in [6, 6.07) is 15.5. The maximum atomic E-state index is 13.0. The highest BCUT2D eigenvalue weighted by Crippen LogP contribution is 2.33. The van der Waals surface area contributed by atoms with Gasteiger partial charge in [0.25, 0.3) is 11.8 Å². The van der Waals surface area contributed by atoms with E-state index in [2.05, 4.69) is 61.1 Å². The molecule has 0 bridgehead atoms. The second-order valence-corrected chi connectivity index (χ2v) is 10.6. The summed E-state index contributed by atoms with van der Waals surface area (Å²) in [5.41, 5.74) is 4.37. The SMILES string of the molecule is Cc1cc2ccc(CNC(=O)c3cc(C(=O)N[C@H]4CCc5cc(-c6nnn(C)n6)ccc54)ncn3)cc2s1. The highest BCUT2D eigenvalue weighted by atomic mass is 32.1. The van der Waals surface area contributed by atoms with Gasteiger partial charge in [-0.25, -0.2) is 9.97 Å². The fourth-order valence-electron chi connectivity index (χ4n) is 4.74. The summed E-state index contributed by atoms with van der Waals surface area (Å²) in [5.74, 6) is -0.144. The predicted octanol–water partition coefficient (Wildman–Crippen LogP) is 3.54. The monoisotopic (exact) mass is 524 g/mol. The molecule has 3 aromatic heterocycles. The third-order valence-electron chi connectivity index (χ3n) is 6.59. The molecule has 1 aliphatic carbocycles. The van der Waals surface area contributed by atoms with Crippen molar-refractivity contribution in [2.24, 2.45) is 7.05 Å². The van der Waals surface area contributed by atoms with Crippen molar-refractivity contribution in [3.05, 3.63) is 87.8 Å². The molecule has 2 aromatic carbocycles. The lowest BCUT2D eigenvalue weighted by Gasteiger charge is -2.14. The van der Waals surface area contributed by atoms with Crippen LogP contribution in [-0.4, -0.2) is 42.0 Å². The fraction of sp³-hybridized carbons (Fsp3) is 0.222. The van der Waals surface area contributed by atoms with Gasteiger partial charge in [-0.2, -0.15) is 4.80 Å². The molecule has 0 aliphatic heterocycles. The zero-order valence-corrected chi connectivity index (χ0v) is 21.6. The molecule has 0 radical (unpaired) electrons. The fourth-order valence-corrected chi connectivity index (χ4v) is 5.72. The molecule has 0 saturated heterocycles. The number of hydrogen-bond acceptors (Lipinski definition) is 8. The molecule has 38 heavy (non-hydrogen) atoms. The number of aryl methyl sites for hydroxylation is 3. The van der Waals surface area contributed by atoms with Crippen molar-refractivity contribution in [1.82, 2.24) is 40.8 Å². The molecule has 0 fully saturated rings. The maximum Gasteiger partial charge on any atom is 0.270 e. The average molecular weight is 525 g/mol. The van der Waals surface area contributed by atoms with E-state index in [9.17, 15) is 9.59 Å². The smallest absolute Gasteiger partial charge is 0.270 e. The molecule has 5 aromatic rings. The number of carbonyl (C=O) groups excluding carboxylic acids is 2. The summed E-state index contributed by atoms with van der Waals surface area (Å²) >= 11 is 1.72. The van der Waals surface area contributed by atoms with Crippen molar-refractivity contribution < 1.29 is 9.59 Å². The van der Waals surface area contributed by atoms with Crippen LogP contribution >= 0.6 is 11.3 Å². The number of thiophene rings is 1. The molecule has 0 unspecified atom stereocenters. The van der Waals surface area contributed by atoms with E-state index in [1.165, 1.54) is 32.2 Å². The summed E-state index contributed by atoms with van der Waals surface area (Å²) in [4.78, 5) is 36.6. The Morgan fingerprint density at radius 3 is 2.71 bits per heavy atom. The van der Waals surface area contributed by atoms with Crippen LogP contribution in [0.25, 0.3) is 21.5 Å². The molecule has 0 spiro atoms. The topological polar surface area (TPSA) is 128 Å². The quantitative estimate of drug-likeness (QED) is 0.348. The highest BCUT2D eigenvalue weighted by Gasteiger charge is 2.26. The number of hydrogen-bond donors (Lipinski definition) is 2. The molecule has 1 aliphatic rings. The Bertz CT molecular complexity index is 1690. The molecular weight excluding hydrogens is 500 g/mol. The van der Waals surface area contributed by atoms with Crippen LogP contribution < -0.4 is 10.6 Å². The minimum Gasteiger partial charge on any atom is -0.347 e. The second-order valence-electron chi connectivity index (χ2n) is 9.28. The van der Waals surface area contributed by atoms with Gasteiger partial charge in [-0.15, -0.1) is 21.5 Å². The lowest BCUT2D eigenvalue weighted by Crippen LogP contribution is -2.29. The van der Waals surface area contributed by atoms with Gasteiger partial charge in [-0.05, 0) is 65.3 Å². The van der Waals surface area contributed by atoms with Gasteiger partial charge in [0.15, 0.2) is 0 Å². The standard InChI is InChI=1S/C27H24N8O2S/c1-15-9-18-4-3-16(10-24(18)38-15)13-28-26(36)22-12-23(30-14-29-22)27(37)31-21-8-6-17-11-19(5-7-20(17)21)25-32-34-35(2)33-25/h3-5,7,9-12,14,21H,6,8,13H2,1-2H3,(H,28,36)(H,31,37)/t21-/m0/s1. The molecular formula is C27H24N8O2S. The van der Waals surface area contributed by atoms with Crippen molar-refractivity contribution in [3.63, 3.8) is 0 Å². The zero-order valence-electron chi connectivity index (χ0n) is 20.8. The van der Waals surface area contributed by atoms with E-state index in [-0.39, 0.29) is 29.2 Å². The van der Waals surface area contributed by atoms with Gasteiger partial charge in [0, 0.05) is 27.8 Å². The largest absolute Gasteiger partial charge is 0.347 e. The van der Waals surface area contributed by atoms with Crippen molar-refractivity contribution in [2.75, 3.05) is 0 Å². The van der Waals surface area contributed by atoms with Gasteiger partial charge in [0.05, 0.1) is 13.1 Å². The normalized spacial score (nSPS) is 14.4. The first-order valence-corrected chi connectivity index (χ1v) is 13.0. The van der Waals surface area contributed by atoms with E-state index in [0.717, 1.165) is 35.1 Å². The van der Waals surface area contributed by atoms with Crippen LogP contribution in [0.1, 0.15) is 55.0 Å². The summed E-state index contributed by atoms with van der Waals surface area (Å²) < 4.78 is 1.19. The molecule has 0 saturated carbocycles. The second kappa shape index (κ2) is 9.75. The highest BCUT2D eigenvalue weighted by molar-refractivity contribution is 7.19. The number of fused-ring (bicyclic) bond motifs is 2. The molecule has 10 nitrogen and oxygen atoms in total. The third-order valence-corrected chi connectivity index (χ3v) is 7.60. The Balaban J connectivity index is 1.11. The lowest BCUT2D eigenvalue weighted by molar-refractivity contribution is 0.0931. The van der Waals surface area contributed by atoms with Crippen molar-refractivity contribution in [1.29, 1.82) is 0 Å². The van der Waals surface area contributed by atoms with Crippen LogP contribution in [0, 0.1) is 6.92 Å². The summed E-state index contributed by atoms with van der Waals surface area (Å²) in [6.45, 7) is 2.44. The van der Waals surface area contributed by atoms with Crippen LogP contribution in [0.4, 0.5) is 0 Å². The van der Waals surface area contributed by atoms with Crippen LogP contribution in [-0.2, 0) is 20.0 Å². The van der Waals surface area contributed by atoms with E-state index in [1.54, 1.807) is 18.4 Å². The number of aromatic nitrogens is 6. The Hall–Kier alpha value is -4.51. The molecule has 11 heteroatoms. The number of tetrazole rings is 1. The van der Waals surface area contributed by atoms with Crippen molar-refractivity contribution in [2.45, 2.75) is 32.4 Å². The number of benzene rings is 2. The lowest BCUT2D eigenvalue weighted by atomic mass is 10.0. The molecule has 3 heterocycles. The van der Waals surface area contributed by atoms with E-state index in [1.807, 2.05) is 24.3 Å². The third kappa shape index (κ3) is 4.75. The van der Waals surface area contributed by atoms with Crippen LogP contribution in [0.5, 0.6) is 0 Å². The number of amides is 2. The number of carbonyl (C=O) groups is 2. The Morgan fingerprint density at radius 1 is 1.05 bits per heavy atom. The minimum atomic E-state index is -0.361. The number of nitrogens with one attached hydrogen (secondary N) is 2. The summed E-state index contributed by atoms with van der Waals surface area (Å²) in [5, 5.41) is 19.4. The first kappa shape index (κ1) is 23.9. The summed E-state index contributed by atoms with van der Waals surface area (Å²) in [6.07, 6.45) is 2.83. The van der Waals surface area contributed by atoms with Crippen LogP contribution in [0.2, 0.25) is 0 Å². The number of rotatable bonds is 6. The van der Waals surface area contributed by atoms with E-state index < -0.39 is 0 Å². The predicted molar refractivity (Wildman–Crippen MR) is 143 cm³/mol. The van der Waals surface area contributed by atoms with Gasteiger partial charge in [-0.1, -0.05) is 24.3 Å². The van der Waals surface area contributed by atoms with Gasteiger partial charge in [-0.3, -0.25) is 9.59 Å². The molecule has 6 rings (SSSR count). The van der Waals surface area contributed by atoms with Gasteiger partial charge in [0.1, 0.15) is 17.7 Å². The molecule has 1 atom stereocenters. The maximum absolute atomic E-state index is 13.0. The summed E-state index contributed by atoms with van der Waals surface area (Å²) in [7, 11) is 1.73. The molecule has 2 amide bonds. The Kier molecular flexibility index (Phi) is 6.12. The van der Waals surface area contributed by atoms with Gasteiger partial charge < -0.3 is 10.6 Å². The first-order chi connectivity index (χ1) is 18.4. The molecule has 190 valence electrons. The number of nitrogens with zero attached hydrogens (tertiary/aromatic N) is 6. The van der Waals surface area contributed by atoms with Crippen LogP contribution in [0.3, 0.4) is 0 Å². The van der Waals surface area contributed by atoms with Crippen LogP contribution in [0.15, 0.2) is 54.9 Å². The minimum absolute atomic E-state index is 0.145. The van der Waals surface area contributed by atoms with Crippen molar-refractivity contribution in [3.8, 4) is 11.4 Å². The van der Waals surface area contributed by atoms with E-state index in [0.29, 0.717) is 12.4 Å². The van der Waals surface area contributed by atoms with Gasteiger partial charge in [0.2, 0.25) is 5.82 Å². The zero-order chi connectivity index (χ0) is 26.2. The Labute approximate surface area is 222 Å². The van der Waals surface area contributed by atoms with Gasteiger partial charge >= 0.3 is 0 Å². The Morgan fingerprint density at radius 2 is 1.89 bits per heavy atom. The van der Waals surface area contributed by atoms with E-state index >= 15 is 0 Å².